The summed E-state index contributed by atoms with van der Waals surface area (Å²) in [6, 6.07) is 0.0458. The quantitative estimate of drug-likeness (QED) is 0.683. The Hall–Kier alpha value is -1.50. The summed E-state index contributed by atoms with van der Waals surface area (Å²) in [5, 5.41) is 9.88. The first-order chi connectivity index (χ1) is 12.8. The van der Waals surface area contributed by atoms with Crippen LogP contribution in [0.4, 0.5) is 9.59 Å². The molecule has 3 N–H and O–H groups in total. The Labute approximate surface area is 170 Å². The Kier molecular flexibility index (Phi) is 6.90. The van der Waals surface area contributed by atoms with Gasteiger partial charge in [0.2, 0.25) is 0 Å². The van der Waals surface area contributed by atoms with Gasteiger partial charge in [-0.25, -0.2) is 9.59 Å². The lowest BCUT2D eigenvalue weighted by Gasteiger charge is -2.48. The molecule has 3 amide bonds. The molecular weight excluding hydrogens is 356 g/mol. The highest BCUT2D eigenvalue weighted by Crippen LogP contribution is 2.31. The van der Waals surface area contributed by atoms with Crippen LogP contribution in [-0.2, 0) is 4.74 Å². The first kappa shape index (κ1) is 22.8. The third-order valence-electron chi connectivity index (χ3n) is 5.63. The van der Waals surface area contributed by atoms with Crippen LogP contribution in [0.5, 0.6) is 0 Å². The molecule has 0 aromatic heterocycles. The fraction of sp³-hybridized carbons (Fsp3) is 0.905. The van der Waals surface area contributed by atoms with Crippen molar-refractivity contribution in [2.24, 2.45) is 0 Å². The molecule has 0 spiro atoms. The monoisotopic (exact) mass is 396 g/mol. The highest BCUT2D eigenvalue weighted by Gasteiger charge is 2.40. The molecule has 0 bridgehead atoms. The SMILES string of the molecule is CCC1(C)CC(NC(=O)N2CCCC(NC(=O)OC(C)(C)C)C2)CC(C)(C)N1. The van der Waals surface area contributed by atoms with Gasteiger partial charge in [0.25, 0.3) is 0 Å². The molecule has 0 aromatic rings. The zero-order chi connectivity index (χ0) is 21.2. The number of urea groups is 1. The van der Waals surface area contributed by atoms with Crippen molar-refractivity contribution in [3.63, 3.8) is 0 Å². The molecule has 7 heteroatoms. The van der Waals surface area contributed by atoms with Crippen molar-refractivity contribution < 1.29 is 14.3 Å². The largest absolute Gasteiger partial charge is 0.444 e. The van der Waals surface area contributed by atoms with Crippen LogP contribution in [0.15, 0.2) is 0 Å². The van der Waals surface area contributed by atoms with Gasteiger partial charge in [0.15, 0.2) is 0 Å². The van der Waals surface area contributed by atoms with Crippen molar-refractivity contribution in [2.45, 2.75) is 109 Å². The Balaban J connectivity index is 1.90. The summed E-state index contributed by atoms with van der Waals surface area (Å²) in [7, 11) is 0. The van der Waals surface area contributed by atoms with Crippen LogP contribution in [0.2, 0.25) is 0 Å². The maximum atomic E-state index is 12.9. The van der Waals surface area contributed by atoms with Gasteiger partial charge >= 0.3 is 12.1 Å². The summed E-state index contributed by atoms with van der Waals surface area (Å²) in [6.07, 6.45) is 4.16. The number of carbonyl (C=O) groups excluding carboxylic acids is 2. The van der Waals surface area contributed by atoms with E-state index < -0.39 is 11.7 Å². The molecule has 2 aliphatic rings. The van der Waals surface area contributed by atoms with E-state index in [1.807, 2.05) is 25.7 Å². The number of ether oxygens (including phenoxy) is 1. The maximum absolute atomic E-state index is 12.9. The molecular formula is C21H40N4O3. The molecule has 2 rings (SSSR count). The number of hydrogen-bond donors (Lipinski definition) is 3. The van der Waals surface area contributed by atoms with Crippen LogP contribution in [0.3, 0.4) is 0 Å². The number of hydrogen-bond acceptors (Lipinski definition) is 4. The van der Waals surface area contributed by atoms with Gasteiger partial charge in [-0.1, -0.05) is 6.92 Å². The van der Waals surface area contributed by atoms with Crippen molar-refractivity contribution in [3.8, 4) is 0 Å². The molecule has 2 fully saturated rings. The third-order valence-corrected chi connectivity index (χ3v) is 5.63. The van der Waals surface area contributed by atoms with Crippen LogP contribution < -0.4 is 16.0 Å². The van der Waals surface area contributed by atoms with Crippen LogP contribution in [0.25, 0.3) is 0 Å². The van der Waals surface area contributed by atoms with E-state index in [2.05, 4.69) is 43.6 Å². The molecule has 162 valence electrons. The lowest BCUT2D eigenvalue weighted by Crippen LogP contribution is -2.64. The molecule has 0 aromatic carbocycles. The summed E-state index contributed by atoms with van der Waals surface area (Å²) in [5.41, 5.74) is -0.504. The van der Waals surface area contributed by atoms with Gasteiger partial charge in [0.1, 0.15) is 5.60 Å². The molecule has 2 saturated heterocycles. The van der Waals surface area contributed by atoms with Gasteiger partial charge in [-0.15, -0.1) is 0 Å². The fourth-order valence-electron chi connectivity index (χ4n) is 4.51. The first-order valence-electron chi connectivity index (χ1n) is 10.7. The number of carbonyl (C=O) groups is 2. The number of likely N-dealkylation sites (tertiary alicyclic amines) is 1. The Morgan fingerprint density at radius 3 is 2.43 bits per heavy atom. The van der Waals surface area contributed by atoms with E-state index in [0.29, 0.717) is 6.54 Å². The van der Waals surface area contributed by atoms with Gasteiger partial charge in [-0.2, -0.15) is 0 Å². The second kappa shape index (κ2) is 8.47. The number of piperidine rings is 2. The summed E-state index contributed by atoms with van der Waals surface area (Å²) >= 11 is 0. The summed E-state index contributed by atoms with van der Waals surface area (Å²) < 4.78 is 5.34. The molecule has 3 atom stereocenters. The lowest BCUT2D eigenvalue weighted by molar-refractivity contribution is 0.0477. The van der Waals surface area contributed by atoms with E-state index >= 15 is 0 Å². The van der Waals surface area contributed by atoms with Gasteiger partial charge in [-0.05, 0) is 73.6 Å². The number of alkyl carbamates (subject to hydrolysis) is 1. The number of nitrogens with one attached hydrogen (secondary N) is 3. The van der Waals surface area contributed by atoms with Crippen molar-refractivity contribution in [2.75, 3.05) is 13.1 Å². The van der Waals surface area contributed by atoms with Crippen LogP contribution >= 0.6 is 0 Å². The molecule has 7 nitrogen and oxygen atoms in total. The van der Waals surface area contributed by atoms with E-state index in [-0.39, 0.29) is 29.2 Å². The molecule has 28 heavy (non-hydrogen) atoms. The van der Waals surface area contributed by atoms with Gasteiger partial charge in [0, 0.05) is 36.3 Å². The smallest absolute Gasteiger partial charge is 0.407 e. The normalized spacial score (nSPS) is 30.5. The predicted octanol–water partition coefficient (Wildman–Crippen LogP) is 3.38. The first-order valence-corrected chi connectivity index (χ1v) is 10.7. The van der Waals surface area contributed by atoms with Gasteiger partial charge in [-0.3, -0.25) is 0 Å². The second-order valence-corrected chi connectivity index (χ2v) is 10.4. The van der Waals surface area contributed by atoms with Crippen molar-refractivity contribution in [1.29, 1.82) is 0 Å². The van der Waals surface area contributed by atoms with Crippen LogP contribution in [0, 0.1) is 0 Å². The molecule has 0 aliphatic carbocycles. The van der Waals surface area contributed by atoms with E-state index in [1.165, 1.54) is 0 Å². The van der Waals surface area contributed by atoms with Gasteiger partial charge < -0.3 is 25.6 Å². The van der Waals surface area contributed by atoms with E-state index in [4.69, 9.17) is 4.74 Å². The summed E-state index contributed by atoms with van der Waals surface area (Å²) in [5.74, 6) is 0. The topological polar surface area (TPSA) is 82.7 Å². The zero-order valence-corrected chi connectivity index (χ0v) is 18.8. The maximum Gasteiger partial charge on any atom is 0.407 e. The highest BCUT2D eigenvalue weighted by atomic mass is 16.6. The average molecular weight is 397 g/mol. The standard InChI is InChI=1S/C21H40N4O3/c1-8-21(7)13-16(12-20(5,6)24-21)22-17(26)25-11-9-10-15(14-25)23-18(27)28-19(2,3)4/h15-16,24H,8-14H2,1-7H3,(H,22,26)(H,23,27). The summed E-state index contributed by atoms with van der Waals surface area (Å²) in [6.45, 7) is 15.6. The van der Waals surface area contributed by atoms with Crippen LogP contribution in [0.1, 0.15) is 80.6 Å². The lowest BCUT2D eigenvalue weighted by atomic mass is 9.77. The van der Waals surface area contributed by atoms with Crippen molar-refractivity contribution in [1.82, 2.24) is 20.9 Å². The highest BCUT2D eigenvalue weighted by molar-refractivity contribution is 5.75. The minimum absolute atomic E-state index is 0.0103. The number of nitrogens with zero attached hydrogens (tertiary/aromatic N) is 1. The molecule has 2 heterocycles. The molecule has 0 radical (unpaired) electrons. The molecule has 2 aliphatic heterocycles. The Morgan fingerprint density at radius 1 is 1.14 bits per heavy atom. The fourth-order valence-corrected chi connectivity index (χ4v) is 4.51. The van der Waals surface area contributed by atoms with E-state index in [9.17, 15) is 9.59 Å². The number of rotatable bonds is 3. The van der Waals surface area contributed by atoms with Crippen LogP contribution in [-0.4, -0.2) is 58.9 Å². The van der Waals surface area contributed by atoms with Crippen molar-refractivity contribution >= 4 is 12.1 Å². The number of amides is 3. The Morgan fingerprint density at radius 2 is 1.82 bits per heavy atom. The van der Waals surface area contributed by atoms with Crippen molar-refractivity contribution in [3.05, 3.63) is 0 Å². The second-order valence-electron chi connectivity index (χ2n) is 10.4. The minimum atomic E-state index is -0.524. The van der Waals surface area contributed by atoms with Gasteiger partial charge in [0.05, 0.1) is 0 Å². The average Bonchev–Trinajstić information content (AvgIpc) is 2.51. The van der Waals surface area contributed by atoms with E-state index in [0.717, 1.165) is 38.6 Å². The summed E-state index contributed by atoms with van der Waals surface area (Å²) in [4.78, 5) is 26.7. The zero-order valence-electron chi connectivity index (χ0n) is 18.8. The molecule has 0 saturated carbocycles. The minimum Gasteiger partial charge on any atom is -0.444 e. The third kappa shape index (κ3) is 6.83. The Bertz CT molecular complexity index is 572. The van der Waals surface area contributed by atoms with E-state index in [1.54, 1.807) is 0 Å². The predicted molar refractivity (Wildman–Crippen MR) is 111 cm³/mol. The molecule has 3 unspecified atom stereocenters.